The minimum Gasteiger partial charge on any atom is -0.320 e. The van der Waals surface area contributed by atoms with Gasteiger partial charge in [-0.05, 0) is 66.7 Å². The van der Waals surface area contributed by atoms with Gasteiger partial charge in [0.05, 0.1) is 0 Å². The smallest absolute Gasteiger partial charge is 0.000959 e. The standard InChI is InChI=1S/C11H27N3/c1-5-13(3)10-7-11-14(4)9-6-8-12-2/h12H,5-11H2,1-4H3. The van der Waals surface area contributed by atoms with Crippen LogP contribution in [0.2, 0.25) is 0 Å². The van der Waals surface area contributed by atoms with E-state index in [0.717, 1.165) is 13.1 Å². The second-order valence-electron chi connectivity index (χ2n) is 4.01. The zero-order chi connectivity index (χ0) is 10.8. The van der Waals surface area contributed by atoms with Crippen LogP contribution in [0.1, 0.15) is 19.8 Å². The van der Waals surface area contributed by atoms with Gasteiger partial charge in [-0.3, -0.25) is 0 Å². The van der Waals surface area contributed by atoms with Crippen molar-refractivity contribution in [3.8, 4) is 0 Å². The number of hydrogen-bond acceptors (Lipinski definition) is 3. The summed E-state index contributed by atoms with van der Waals surface area (Å²) in [5.74, 6) is 0. The second kappa shape index (κ2) is 9.44. The molecular weight excluding hydrogens is 174 g/mol. The predicted octanol–water partition coefficient (Wildman–Crippen LogP) is 0.870. The fourth-order valence-electron chi connectivity index (χ4n) is 1.41. The van der Waals surface area contributed by atoms with Crippen molar-refractivity contribution in [2.75, 3.05) is 53.9 Å². The third-order valence-electron chi connectivity index (χ3n) is 2.59. The molecule has 0 saturated heterocycles. The van der Waals surface area contributed by atoms with Crippen LogP contribution in [0.3, 0.4) is 0 Å². The van der Waals surface area contributed by atoms with Crippen molar-refractivity contribution >= 4 is 0 Å². The zero-order valence-corrected chi connectivity index (χ0v) is 10.3. The largest absolute Gasteiger partial charge is 0.320 e. The molecule has 0 radical (unpaired) electrons. The van der Waals surface area contributed by atoms with Gasteiger partial charge in [-0.2, -0.15) is 0 Å². The van der Waals surface area contributed by atoms with Crippen LogP contribution in [0.15, 0.2) is 0 Å². The molecule has 0 spiro atoms. The molecule has 0 fully saturated rings. The number of nitrogens with one attached hydrogen (secondary N) is 1. The van der Waals surface area contributed by atoms with Crippen molar-refractivity contribution in [2.45, 2.75) is 19.8 Å². The van der Waals surface area contributed by atoms with E-state index < -0.39 is 0 Å². The van der Waals surface area contributed by atoms with Crippen molar-refractivity contribution in [1.29, 1.82) is 0 Å². The Labute approximate surface area is 89.5 Å². The van der Waals surface area contributed by atoms with Gasteiger partial charge in [-0.25, -0.2) is 0 Å². The predicted molar refractivity (Wildman–Crippen MR) is 63.8 cm³/mol. The summed E-state index contributed by atoms with van der Waals surface area (Å²) >= 11 is 0. The molecule has 0 heterocycles. The van der Waals surface area contributed by atoms with Crippen molar-refractivity contribution in [2.24, 2.45) is 0 Å². The first-order chi connectivity index (χ1) is 6.70. The molecular formula is C11H27N3. The van der Waals surface area contributed by atoms with Crippen molar-refractivity contribution in [3.63, 3.8) is 0 Å². The average Bonchev–Trinajstić information content (AvgIpc) is 2.18. The molecule has 3 heteroatoms. The molecule has 3 nitrogen and oxygen atoms in total. The minimum absolute atomic E-state index is 1.12. The number of hydrogen-bond donors (Lipinski definition) is 1. The molecule has 0 atom stereocenters. The second-order valence-corrected chi connectivity index (χ2v) is 4.01. The van der Waals surface area contributed by atoms with Gasteiger partial charge in [0, 0.05) is 0 Å². The van der Waals surface area contributed by atoms with E-state index in [9.17, 15) is 0 Å². The molecule has 0 aliphatic rings. The Morgan fingerprint density at radius 2 is 1.50 bits per heavy atom. The van der Waals surface area contributed by atoms with Crippen LogP contribution < -0.4 is 5.32 Å². The van der Waals surface area contributed by atoms with E-state index in [2.05, 4.69) is 36.1 Å². The molecule has 86 valence electrons. The lowest BCUT2D eigenvalue weighted by Gasteiger charge is -2.19. The lowest BCUT2D eigenvalue weighted by atomic mass is 10.3. The van der Waals surface area contributed by atoms with Crippen molar-refractivity contribution < 1.29 is 0 Å². The van der Waals surface area contributed by atoms with E-state index in [-0.39, 0.29) is 0 Å². The minimum atomic E-state index is 1.12. The van der Waals surface area contributed by atoms with Gasteiger partial charge in [0.15, 0.2) is 0 Å². The van der Waals surface area contributed by atoms with Gasteiger partial charge in [-0.1, -0.05) is 6.92 Å². The monoisotopic (exact) mass is 201 g/mol. The Morgan fingerprint density at radius 1 is 0.929 bits per heavy atom. The Morgan fingerprint density at radius 3 is 2.07 bits per heavy atom. The number of rotatable bonds is 9. The third kappa shape index (κ3) is 8.48. The first-order valence-corrected chi connectivity index (χ1v) is 5.72. The van der Waals surface area contributed by atoms with E-state index in [1.165, 1.54) is 32.5 Å². The van der Waals surface area contributed by atoms with Gasteiger partial charge in [0.2, 0.25) is 0 Å². The fraction of sp³-hybridized carbons (Fsp3) is 1.00. The summed E-state index contributed by atoms with van der Waals surface area (Å²) < 4.78 is 0. The molecule has 0 rings (SSSR count). The zero-order valence-electron chi connectivity index (χ0n) is 10.3. The molecule has 0 bridgehead atoms. The van der Waals surface area contributed by atoms with Crippen LogP contribution in [0, 0.1) is 0 Å². The summed E-state index contributed by atoms with van der Waals surface area (Å²) in [6.45, 7) is 8.12. The van der Waals surface area contributed by atoms with E-state index in [0.29, 0.717) is 0 Å². The maximum absolute atomic E-state index is 3.17. The Balaban J connectivity index is 3.21. The molecule has 0 aliphatic carbocycles. The van der Waals surface area contributed by atoms with Crippen molar-refractivity contribution in [3.05, 3.63) is 0 Å². The summed E-state index contributed by atoms with van der Waals surface area (Å²) in [7, 11) is 6.40. The van der Waals surface area contributed by atoms with Gasteiger partial charge in [0.25, 0.3) is 0 Å². The van der Waals surface area contributed by atoms with Crippen LogP contribution in [-0.2, 0) is 0 Å². The normalized spacial score (nSPS) is 11.6. The van der Waals surface area contributed by atoms with Crippen LogP contribution in [0.4, 0.5) is 0 Å². The maximum atomic E-state index is 3.17. The average molecular weight is 201 g/mol. The topological polar surface area (TPSA) is 18.5 Å². The van der Waals surface area contributed by atoms with Crippen LogP contribution in [0.5, 0.6) is 0 Å². The number of nitrogens with zero attached hydrogens (tertiary/aromatic N) is 2. The van der Waals surface area contributed by atoms with Crippen LogP contribution >= 0.6 is 0 Å². The van der Waals surface area contributed by atoms with E-state index in [4.69, 9.17) is 0 Å². The van der Waals surface area contributed by atoms with Gasteiger partial charge in [-0.15, -0.1) is 0 Å². The molecule has 0 aromatic carbocycles. The quantitative estimate of drug-likeness (QED) is 0.559. The van der Waals surface area contributed by atoms with Gasteiger partial charge >= 0.3 is 0 Å². The fourth-order valence-corrected chi connectivity index (χ4v) is 1.41. The van der Waals surface area contributed by atoms with Gasteiger partial charge < -0.3 is 15.1 Å². The van der Waals surface area contributed by atoms with E-state index in [1.54, 1.807) is 0 Å². The molecule has 0 saturated carbocycles. The lowest BCUT2D eigenvalue weighted by Crippen LogP contribution is -2.27. The first kappa shape index (κ1) is 13.9. The molecule has 0 amide bonds. The molecule has 14 heavy (non-hydrogen) atoms. The third-order valence-corrected chi connectivity index (χ3v) is 2.59. The molecule has 0 aromatic rings. The highest BCUT2D eigenvalue weighted by molar-refractivity contribution is 4.55. The van der Waals surface area contributed by atoms with Crippen LogP contribution in [0.25, 0.3) is 0 Å². The molecule has 0 aromatic heterocycles. The first-order valence-electron chi connectivity index (χ1n) is 5.72. The Hall–Kier alpha value is -0.120. The van der Waals surface area contributed by atoms with E-state index in [1.807, 2.05) is 7.05 Å². The van der Waals surface area contributed by atoms with Crippen LogP contribution in [-0.4, -0.2) is 63.7 Å². The summed E-state index contributed by atoms with van der Waals surface area (Å²) in [5, 5.41) is 3.17. The summed E-state index contributed by atoms with van der Waals surface area (Å²) in [4.78, 5) is 4.78. The van der Waals surface area contributed by atoms with E-state index >= 15 is 0 Å². The summed E-state index contributed by atoms with van der Waals surface area (Å²) in [6.07, 6.45) is 2.52. The SMILES string of the molecule is CCN(C)CCCN(C)CCCNC. The highest BCUT2D eigenvalue weighted by Gasteiger charge is 1.99. The highest BCUT2D eigenvalue weighted by atomic mass is 15.1. The maximum Gasteiger partial charge on any atom is -0.000959 e. The van der Waals surface area contributed by atoms with Gasteiger partial charge in [0.1, 0.15) is 0 Å². The Bertz CT molecular complexity index is 117. The van der Waals surface area contributed by atoms with Crippen molar-refractivity contribution in [1.82, 2.24) is 15.1 Å². The summed E-state index contributed by atoms with van der Waals surface area (Å²) in [5.41, 5.74) is 0. The molecule has 1 N–H and O–H groups in total. The molecule has 0 aliphatic heterocycles. The summed E-state index contributed by atoms with van der Waals surface area (Å²) in [6, 6.07) is 0. The Kier molecular flexibility index (Phi) is 9.35. The molecule has 0 unspecified atom stereocenters. The lowest BCUT2D eigenvalue weighted by molar-refractivity contribution is 0.283. The highest BCUT2D eigenvalue weighted by Crippen LogP contribution is 1.92.